The standard InChI is InChI=1S/C20H29N3O2/c1-14(2)11-12-23-18-10-9-15(19(24)25-3)13-17(18)22-20(23)21-16-7-5-4-6-8-16/h9-10,13-14,16H,4-8,11-12H2,1-3H3,(H,21,22). The van der Waals surface area contributed by atoms with E-state index >= 15 is 0 Å². The van der Waals surface area contributed by atoms with Crippen LogP contribution in [0.1, 0.15) is 62.7 Å². The number of esters is 1. The van der Waals surface area contributed by atoms with E-state index in [2.05, 4.69) is 23.7 Å². The van der Waals surface area contributed by atoms with Crippen LogP contribution in [0.2, 0.25) is 0 Å². The summed E-state index contributed by atoms with van der Waals surface area (Å²) in [5.41, 5.74) is 2.48. The molecule has 0 unspecified atom stereocenters. The average molecular weight is 343 g/mol. The van der Waals surface area contributed by atoms with E-state index in [9.17, 15) is 4.79 Å². The highest BCUT2D eigenvalue weighted by molar-refractivity contribution is 5.94. The first-order valence-electron chi connectivity index (χ1n) is 9.43. The Balaban J connectivity index is 1.93. The second-order valence-electron chi connectivity index (χ2n) is 7.44. The Hall–Kier alpha value is -2.04. The van der Waals surface area contributed by atoms with Crippen molar-refractivity contribution in [1.82, 2.24) is 9.55 Å². The Labute approximate surface area is 149 Å². The van der Waals surface area contributed by atoms with Gasteiger partial charge in [0.2, 0.25) is 5.95 Å². The lowest BCUT2D eigenvalue weighted by Crippen LogP contribution is -2.24. The van der Waals surface area contributed by atoms with Crippen LogP contribution in [0.25, 0.3) is 11.0 Å². The zero-order valence-electron chi connectivity index (χ0n) is 15.5. The maximum atomic E-state index is 11.8. The van der Waals surface area contributed by atoms with Gasteiger partial charge in [0.25, 0.3) is 0 Å². The van der Waals surface area contributed by atoms with E-state index in [0.717, 1.165) is 29.9 Å². The zero-order valence-corrected chi connectivity index (χ0v) is 15.5. The Bertz CT molecular complexity index is 730. The number of nitrogens with one attached hydrogen (secondary N) is 1. The molecule has 1 fully saturated rings. The molecule has 0 aliphatic heterocycles. The van der Waals surface area contributed by atoms with Gasteiger partial charge < -0.3 is 14.6 Å². The van der Waals surface area contributed by atoms with Crippen LogP contribution in [0.3, 0.4) is 0 Å². The number of fused-ring (bicyclic) bond motifs is 1. The largest absolute Gasteiger partial charge is 0.465 e. The Morgan fingerprint density at radius 3 is 2.76 bits per heavy atom. The minimum Gasteiger partial charge on any atom is -0.465 e. The van der Waals surface area contributed by atoms with Crippen molar-refractivity contribution < 1.29 is 9.53 Å². The third-order valence-corrected chi connectivity index (χ3v) is 5.04. The highest BCUT2D eigenvalue weighted by atomic mass is 16.5. The zero-order chi connectivity index (χ0) is 17.8. The highest BCUT2D eigenvalue weighted by Crippen LogP contribution is 2.26. The predicted molar refractivity (Wildman–Crippen MR) is 101 cm³/mol. The molecule has 2 aromatic rings. The molecule has 0 bridgehead atoms. The quantitative estimate of drug-likeness (QED) is 0.778. The summed E-state index contributed by atoms with van der Waals surface area (Å²) in [5.74, 6) is 1.25. The number of aryl methyl sites for hydroxylation is 1. The van der Waals surface area contributed by atoms with Gasteiger partial charge in [-0.1, -0.05) is 33.1 Å². The fraction of sp³-hybridized carbons (Fsp3) is 0.600. The van der Waals surface area contributed by atoms with E-state index in [1.165, 1.54) is 39.2 Å². The van der Waals surface area contributed by atoms with Crippen molar-refractivity contribution in [2.75, 3.05) is 12.4 Å². The summed E-state index contributed by atoms with van der Waals surface area (Å²) in [4.78, 5) is 16.6. The predicted octanol–water partition coefficient (Wildman–Crippen LogP) is 4.61. The van der Waals surface area contributed by atoms with E-state index < -0.39 is 0 Å². The molecule has 1 N–H and O–H groups in total. The molecule has 1 aromatic heterocycles. The van der Waals surface area contributed by atoms with Crippen molar-refractivity contribution in [3.05, 3.63) is 23.8 Å². The summed E-state index contributed by atoms with van der Waals surface area (Å²) >= 11 is 0. The number of imidazole rings is 1. The lowest BCUT2D eigenvalue weighted by atomic mass is 9.96. The van der Waals surface area contributed by atoms with Gasteiger partial charge in [-0.2, -0.15) is 0 Å². The summed E-state index contributed by atoms with van der Waals surface area (Å²) in [6, 6.07) is 6.15. The van der Waals surface area contributed by atoms with E-state index in [4.69, 9.17) is 9.72 Å². The maximum absolute atomic E-state index is 11.8. The van der Waals surface area contributed by atoms with Crippen LogP contribution in [0.15, 0.2) is 18.2 Å². The summed E-state index contributed by atoms with van der Waals surface area (Å²) < 4.78 is 7.10. The Morgan fingerprint density at radius 1 is 1.32 bits per heavy atom. The number of benzene rings is 1. The number of ether oxygens (including phenoxy) is 1. The van der Waals surface area contributed by atoms with Crippen LogP contribution in [0.4, 0.5) is 5.95 Å². The SMILES string of the molecule is COC(=O)c1ccc2c(c1)nc(NC1CCCCC1)n2CCC(C)C. The number of anilines is 1. The maximum Gasteiger partial charge on any atom is 0.337 e. The van der Waals surface area contributed by atoms with Gasteiger partial charge in [0.05, 0.1) is 23.7 Å². The Kier molecular flexibility index (Phi) is 5.61. The molecule has 1 aromatic carbocycles. The number of aromatic nitrogens is 2. The monoisotopic (exact) mass is 343 g/mol. The molecular weight excluding hydrogens is 314 g/mol. The van der Waals surface area contributed by atoms with Crippen molar-refractivity contribution in [1.29, 1.82) is 0 Å². The fourth-order valence-corrected chi connectivity index (χ4v) is 3.53. The van der Waals surface area contributed by atoms with Gasteiger partial charge in [0.1, 0.15) is 0 Å². The molecule has 136 valence electrons. The molecule has 5 nitrogen and oxygen atoms in total. The summed E-state index contributed by atoms with van der Waals surface area (Å²) in [5, 5.41) is 3.66. The van der Waals surface area contributed by atoms with E-state index in [1.54, 1.807) is 0 Å². The molecular formula is C20H29N3O2. The number of hydrogen-bond donors (Lipinski definition) is 1. The van der Waals surface area contributed by atoms with Crippen LogP contribution in [-0.2, 0) is 11.3 Å². The number of methoxy groups -OCH3 is 1. The third kappa shape index (κ3) is 4.14. The summed E-state index contributed by atoms with van der Waals surface area (Å²) in [6.45, 7) is 5.41. The smallest absolute Gasteiger partial charge is 0.337 e. The average Bonchev–Trinajstić information content (AvgIpc) is 2.96. The van der Waals surface area contributed by atoms with Gasteiger partial charge >= 0.3 is 5.97 Å². The van der Waals surface area contributed by atoms with Gasteiger partial charge in [-0.15, -0.1) is 0 Å². The molecule has 5 heteroatoms. The molecule has 1 saturated carbocycles. The summed E-state index contributed by atoms with van der Waals surface area (Å²) in [7, 11) is 1.41. The first kappa shape index (κ1) is 17.8. The number of rotatable bonds is 6. The number of carbonyl (C=O) groups excluding carboxylic acids is 1. The van der Waals surface area contributed by atoms with E-state index in [-0.39, 0.29) is 5.97 Å². The molecule has 0 radical (unpaired) electrons. The van der Waals surface area contributed by atoms with Gasteiger partial charge in [-0.3, -0.25) is 0 Å². The number of hydrogen-bond acceptors (Lipinski definition) is 4. The van der Waals surface area contributed by atoms with Crippen molar-refractivity contribution in [3.8, 4) is 0 Å². The minimum atomic E-state index is -0.319. The van der Waals surface area contributed by atoms with Crippen molar-refractivity contribution in [2.24, 2.45) is 5.92 Å². The molecule has 0 atom stereocenters. The number of carbonyl (C=O) groups is 1. The van der Waals surface area contributed by atoms with E-state index in [1.807, 2.05) is 18.2 Å². The van der Waals surface area contributed by atoms with Crippen molar-refractivity contribution >= 4 is 23.0 Å². The molecule has 25 heavy (non-hydrogen) atoms. The van der Waals surface area contributed by atoms with Crippen LogP contribution >= 0.6 is 0 Å². The van der Waals surface area contributed by atoms with Crippen molar-refractivity contribution in [2.45, 2.75) is 65.0 Å². The third-order valence-electron chi connectivity index (χ3n) is 5.04. The molecule has 1 heterocycles. The van der Waals surface area contributed by atoms with Crippen molar-refractivity contribution in [3.63, 3.8) is 0 Å². The van der Waals surface area contributed by atoms with E-state index in [0.29, 0.717) is 17.5 Å². The fourth-order valence-electron chi connectivity index (χ4n) is 3.53. The van der Waals surface area contributed by atoms with Crippen LogP contribution in [0, 0.1) is 5.92 Å². The second-order valence-corrected chi connectivity index (χ2v) is 7.44. The topological polar surface area (TPSA) is 56.1 Å². The molecule has 1 aliphatic rings. The van der Waals surface area contributed by atoms with Crippen LogP contribution in [-0.4, -0.2) is 28.7 Å². The van der Waals surface area contributed by atoms with Gasteiger partial charge in [0, 0.05) is 12.6 Å². The van der Waals surface area contributed by atoms with Crippen LogP contribution in [0.5, 0.6) is 0 Å². The lowest BCUT2D eigenvalue weighted by Gasteiger charge is -2.24. The Morgan fingerprint density at radius 2 is 2.08 bits per heavy atom. The molecule has 3 rings (SSSR count). The highest BCUT2D eigenvalue weighted by Gasteiger charge is 2.18. The lowest BCUT2D eigenvalue weighted by molar-refractivity contribution is 0.0601. The molecule has 0 amide bonds. The second kappa shape index (κ2) is 7.89. The van der Waals surface area contributed by atoms with Crippen LogP contribution < -0.4 is 5.32 Å². The molecule has 0 spiro atoms. The normalized spacial score (nSPS) is 15.7. The van der Waals surface area contributed by atoms with Gasteiger partial charge in [-0.05, 0) is 43.4 Å². The summed E-state index contributed by atoms with van der Waals surface area (Å²) in [6.07, 6.45) is 7.43. The molecule has 0 saturated heterocycles. The molecule has 1 aliphatic carbocycles. The van der Waals surface area contributed by atoms with Gasteiger partial charge in [-0.25, -0.2) is 9.78 Å². The minimum absolute atomic E-state index is 0.319. The number of nitrogens with zero attached hydrogens (tertiary/aromatic N) is 2. The van der Waals surface area contributed by atoms with Gasteiger partial charge in [0.15, 0.2) is 0 Å². The first-order chi connectivity index (χ1) is 12.1. The first-order valence-corrected chi connectivity index (χ1v) is 9.43.